The fraction of sp³-hybridized carbons (Fsp3) is 0.158. The van der Waals surface area contributed by atoms with Gasteiger partial charge >= 0.3 is 5.97 Å². The maximum Gasteiger partial charge on any atom is 0.342 e. The number of carbonyl (C=O) groups is 1. The lowest BCUT2D eigenvalue weighted by Crippen LogP contribution is -2.06. The van der Waals surface area contributed by atoms with Crippen LogP contribution in [-0.2, 0) is 11.3 Å². The SMILES string of the molecule is COc1cccc(-c2nc(COC(=O)c3ccc(OC)cc3O)cs2)c1. The summed E-state index contributed by atoms with van der Waals surface area (Å²) in [5.74, 6) is 0.396. The summed E-state index contributed by atoms with van der Waals surface area (Å²) in [5.41, 5.74) is 1.64. The normalized spacial score (nSPS) is 10.4. The molecule has 0 amide bonds. The zero-order chi connectivity index (χ0) is 18.5. The first-order valence-electron chi connectivity index (χ1n) is 7.73. The van der Waals surface area contributed by atoms with E-state index < -0.39 is 5.97 Å². The van der Waals surface area contributed by atoms with Gasteiger partial charge in [0.2, 0.25) is 0 Å². The number of methoxy groups -OCH3 is 2. The Hall–Kier alpha value is -3.06. The van der Waals surface area contributed by atoms with Crippen molar-refractivity contribution in [3.63, 3.8) is 0 Å². The van der Waals surface area contributed by atoms with E-state index in [-0.39, 0.29) is 17.9 Å². The predicted octanol–water partition coefficient (Wildman–Crippen LogP) is 3.89. The van der Waals surface area contributed by atoms with Crippen LogP contribution in [0.1, 0.15) is 16.1 Å². The first kappa shape index (κ1) is 17.8. The van der Waals surface area contributed by atoms with Gasteiger partial charge in [0.1, 0.15) is 34.4 Å². The summed E-state index contributed by atoms with van der Waals surface area (Å²) in [4.78, 5) is 16.6. The Balaban J connectivity index is 1.67. The molecule has 7 heteroatoms. The molecule has 0 aliphatic rings. The van der Waals surface area contributed by atoms with E-state index in [9.17, 15) is 9.90 Å². The number of nitrogens with zero attached hydrogens (tertiary/aromatic N) is 1. The van der Waals surface area contributed by atoms with Crippen LogP contribution in [0.5, 0.6) is 17.2 Å². The Morgan fingerprint density at radius 1 is 1.12 bits per heavy atom. The van der Waals surface area contributed by atoms with Crippen LogP contribution in [-0.4, -0.2) is 30.3 Å². The first-order valence-corrected chi connectivity index (χ1v) is 8.61. The van der Waals surface area contributed by atoms with Crippen LogP contribution in [0, 0.1) is 0 Å². The fourth-order valence-corrected chi connectivity index (χ4v) is 3.09. The van der Waals surface area contributed by atoms with Gasteiger partial charge in [-0.2, -0.15) is 0 Å². The largest absolute Gasteiger partial charge is 0.507 e. The molecule has 2 aromatic carbocycles. The maximum absolute atomic E-state index is 12.1. The third kappa shape index (κ3) is 3.94. The van der Waals surface area contributed by atoms with E-state index in [0.29, 0.717) is 11.4 Å². The number of aromatic hydroxyl groups is 1. The van der Waals surface area contributed by atoms with Gasteiger partial charge in [0.25, 0.3) is 0 Å². The molecule has 6 nitrogen and oxygen atoms in total. The zero-order valence-electron chi connectivity index (χ0n) is 14.3. The summed E-state index contributed by atoms with van der Waals surface area (Å²) in [6.07, 6.45) is 0. The molecule has 3 aromatic rings. The highest BCUT2D eigenvalue weighted by molar-refractivity contribution is 7.13. The Bertz CT molecular complexity index is 922. The molecule has 3 rings (SSSR count). The third-order valence-electron chi connectivity index (χ3n) is 3.64. The summed E-state index contributed by atoms with van der Waals surface area (Å²) in [7, 11) is 3.09. The van der Waals surface area contributed by atoms with Crippen LogP contribution >= 0.6 is 11.3 Å². The number of ether oxygens (including phenoxy) is 3. The van der Waals surface area contributed by atoms with Crippen LogP contribution in [0.15, 0.2) is 47.8 Å². The number of phenolic OH excluding ortho intramolecular Hbond substituents is 1. The lowest BCUT2D eigenvalue weighted by atomic mass is 10.2. The van der Waals surface area contributed by atoms with Crippen molar-refractivity contribution < 1.29 is 24.1 Å². The van der Waals surface area contributed by atoms with E-state index in [1.54, 1.807) is 13.2 Å². The molecular weight excluding hydrogens is 354 g/mol. The molecule has 134 valence electrons. The Labute approximate surface area is 154 Å². The maximum atomic E-state index is 12.1. The van der Waals surface area contributed by atoms with Gasteiger partial charge in [-0.05, 0) is 24.3 Å². The van der Waals surface area contributed by atoms with Gasteiger partial charge in [0.15, 0.2) is 0 Å². The van der Waals surface area contributed by atoms with Gasteiger partial charge in [0.05, 0.1) is 19.9 Å². The number of rotatable bonds is 6. The molecule has 0 saturated carbocycles. The number of benzene rings is 2. The number of hydrogen-bond acceptors (Lipinski definition) is 7. The Kier molecular flexibility index (Phi) is 5.38. The summed E-state index contributed by atoms with van der Waals surface area (Å²) < 4.78 is 15.4. The summed E-state index contributed by atoms with van der Waals surface area (Å²) >= 11 is 1.45. The summed E-state index contributed by atoms with van der Waals surface area (Å²) in [6.45, 7) is 0.0186. The number of phenols is 1. The molecule has 0 bridgehead atoms. The number of esters is 1. The standard InChI is InChI=1S/C19H17NO5S/c1-23-14-5-3-4-12(8-14)18-20-13(11-26-18)10-25-19(22)16-7-6-15(24-2)9-17(16)21/h3-9,11,21H,10H2,1-2H3. The van der Waals surface area contributed by atoms with Gasteiger partial charge in [-0.15, -0.1) is 11.3 Å². The number of carbonyl (C=O) groups excluding carboxylic acids is 1. The monoisotopic (exact) mass is 371 g/mol. The van der Waals surface area contributed by atoms with Crippen molar-refractivity contribution in [2.45, 2.75) is 6.61 Å². The van der Waals surface area contributed by atoms with Crippen molar-refractivity contribution in [1.82, 2.24) is 4.98 Å². The minimum atomic E-state index is -0.624. The third-order valence-corrected chi connectivity index (χ3v) is 4.58. The molecule has 0 unspecified atom stereocenters. The first-order chi connectivity index (χ1) is 12.6. The highest BCUT2D eigenvalue weighted by Crippen LogP contribution is 2.28. The molecule has 0 saturated heterocycles. The van der Waals surface area contributed by atoms with Crippen LogP contribution < -0.4 is 9.47 Å². The summed E-state index contributed by atoms with van der Waals surface area (Å²) in [5, 5.41) is 12.5. The van der Waals surface area contributed by atoms with E-state index in [1.807, 2.05) is 29.6 Å². The van der Waals surface area contributed by atoms with Crippen LogP contribution in [0.2, 0.25) is 0 Å². The molecule has 0 atom stereocenters. The zero-order valence-corrected chi connectivity index (χ0v) is 15.1. The van der Waals surface area contributed by atoms with Crippen molar-refractivity contribution in [2.24, 2.45) is 0 Å². The van der Waals surface area contributed by atoms with Crippen LogP contribution in [0.4, 0.5) is 0 Å². The lowest BCUT2D eigenvalue weighted by molar-refractivity contribution is 0.0465. The van der Waals surface area contributed by atoms with E-state index in [4.69, 9.17) is 14.2 Å². The Morgan fingerprint density at radius 3 is 2.62 bits per heavy atom. The highest BCUT2D eigenvalue weighted by atomic mass is 32.1. The van der Waals surface area contributed by atoms with Gasteiger partial charge in [-0.3, -0.25) is 0 Å². The van der Waals surface area contributed by atoms with E-state index in [0.717, 1.165) is 16.3 Å². The fourth-order valence-electron chi connectivity index (χ4n) is 2.29. The van der Waals surface area contributed by atoms with Crippen LogP contribution in [0.3, 0.4) is 0 Å². The summed E-state index contributed by atoms with van der Waals surface area (Å²) in [6, 6.07) is 12.0. The molecular formula is C19H17NO5S. The smallest absolute Gasteiger partial charge is 0.342 e. The minimum absolute atomic E-state index is 0.0186. The van der Waals surface area contributed by atoms with Gasteiger partial charge in [-0.25, -0.2) is 9.78 Å². The van der Waals surface area contributed by atoms with E-state index in [2.05, 4.69) is 4.98 Å². The molecule has 0 radical (unpaired) electrons. The van der Waals surface area contributed by atoms with Gasteiger partial charge in [0, 0.05) is 17.0 Å². The lowest BCUT2D eigenvalue weighted by Gasteiger charge is -2.06. The van der Waals surface area contributed by atoms with Gasteiger partial charge < -0.3 is 19.3 Å². The van der Waals surface area contributed by atoms with Crippen molar-refractivity contribution in [2.75, 3.05) is 14.2 Å². The molecule has 1 heterocycles. The van der Waals surface area contributed by atoms with Crippen molar-refractivity contribution in [3.8, 4) is 27.8 Å². The average Bonchev–Trinajstić information content (AvgIpc) is 3.15. The topological polar surface area (TPSA) is 77.9 Å². The highest BCUT2D eigenvalue weighted by Gasteiger charge is 2.15. The molecule has 0 aliphatic heterocycles. The van der Waals surface area contributed by atoms with Crippen molar-refractivity contribution in [3.05, 3.63) is 59.1 Å². The second-order valence-electron chi connectivity index (χ2n) is 5.34. The number of aromatic nitrogens is 1. The number of hydrogen-bond donors (Lipinski definition) is 1. The molecule has 1 aromatic heterocycles. The second-order valence-corrected chi connectivity index (χ2v) is 6.19. The second kappa shape index (κ2) is 7.88. The van der Waals surface area contributed by atoms with E-state index >= 15 is 0 Å². The predicted molar refractivity (Wildman–Crippen MR) is 97.9 cm³/mol. The Morgan fingerprint density at radius 2 is 1.88 bits per heavy atom. The minimum Gasteiger partial charge on any atom is -0.507 e. The average molecular weight is 371 g/mol. The quantitative estimate of drug-likeness (QED) is 0.663. The van der Waals surface area contributed by atoms with Gasteiger partial charge in [-0.1, -0.05) is 12.1 Å². The van der Waals surface area contributed by atoms with Crippen molar-refractivity contribution in [1.29, 1.82) is 0 Å². The van der Waals surface area contributed by atoms with Crippen molar-refractivity contribution >= 4 is 17.3 Å². The van der Waals surface area contributed by atoms with E-state index in [1.165, 1.54) is 30.6 Å². The molecule has 0 fully saturated rings. The molecule has 0 aliphatic carbocycles. The molecule has 1 N–H and O–H groups in total. The number of thiazole rings is 1. The molecule has 26 heavy (non-hydrogen) atoms. The molecule has 0 spiro atoms. The van der Waals surface area contributed by atoms with Crippen LogP contribution in [0.25, 0.3) is 10.6 Å².